The van der Waals surface area contributed by atoms with Gasteiger partial charge in [0.25, 0.3) is 5.91 Å². The quantitative estimate of drug-likeness (QED) is 0.889. The van der Waals surface area contributed by atoms with Gasteiger partial charge in [-0.1, -0.05) is 13.8 Å². The van der Waals surface area contributed by atoms with Gasteiger partial charge >= 0.3 is 0 Å². The Morgan fingerprint density at radius 2 is 2.00 bits per heavy atom. The normalized spacial score (nSPS) is 21.8. The fourth-order valence-electron chi connectivity index (χ4n) is 3.88. The van der Waals surface area contributed by atoms with Gasteiger partial charge in [0.05, 0.1) is 12.5 Å². The van der Waals surface area contributed by atoms with Crippen LogP contribution in [-0.2, 0) is 4.79 Å². The van der Waals surface area contributed by atoms with Crippen LogP contribution >= 0.6 is 0 Å². The first-order chi connectivity index (χ1) is 11.4. The molecule has 1 spiro atoms. The van der Waals surface area contributed by atoms with Crippen LogP contribution in [0, 0.1) is 5.92 Å². The monoisotopic (exact) mass is 333 g/mol. The number of piperidine rings is 1. The molecular weight excluding hydrogens is 306 g/mol. The lowest BCUT2D eigenvalue weighted by molar-refractivity contribution is -0.154. The summed E-state index contributed by atoms with van der Waals surface area (Å²) < 4.78 is 0. The van der Waals surface area contributed by atoms with Gasteiger partial charge in [-0.05, 0) is 25.8 Å². The summed E-state index contributed by atoms with van der Waals surface area (Å²) in [6.45, 7) is 7.99. The summed E-state index contributed by atoms with van der Waals surface area (Å²) in [6, 6.07) is 0. The average molecular weight is 333 g/mol. The fraction of sp³-hybridized carbons (Fsp3) is 0.706. The van der Waals surface area contributed by atoms with Gasteiger partial charge in [-0.3, -0.25) is 14.5 Å². The molecule has 3 rings (SSSR count). The number of likely N-dealkylation sites (tertiary alicyclic amines) is 1. The van der Waals surface area contributed by atoms with Gasteiger partial charge in [0, 0.05) is 32.7 Å². The highest BCUT2D eigenvalue weighted by Crippen LogP contribution is 2.33. The smallest absolute Gasteiger partial charge is 0.271 e. The van der Waals surface area contributed by atoms with E-state index < -0.39 is 5.54 Å². The number of imidazole rings is 1. The Labute approximate surface area is 143 Å². The van der Waals surface area contributed by atoms with E-state index in [1.165, 1.54) is 6.33 Å². The molecule has 0 saturated carbocycles. The topological polar surface area (TPSA) is 72.5 Å². The van der Waals surface area contributed by atoms with Gasteiger partial charge in [-0.25, -0.2) is 4.98 Å². The Morgan fingerprint density at radius 3 is 2.58 bits per heavy atom. The number of nitrogens with one attached hydrogen (secondary N) is 1. The number of amides is 2. The summed E-state index contributed by atoms with van der Waals surface area (Å²) in [5.41, 5.74) is 0.0634. The summed E-state index contributed by atoms with van der Waals surface area (Å²) in [6.07, 6.45) is 4.45. The Hall–Kier alpha value is -1.89. The second-order valence-corrected chi connectivity index (χ2v) is 7.36. The van der Waals surface area contributed by atoms with Crippen molar-refractivity contribution >= 4 is 11.8 Å². The standard InChI is InChI=1S/C17H27N5O2/c1-13(2)11-22-9-8-20(3)17(16(22)24)4-6-21(7-5-17)15(23)14-10-18-12-19-14/h10,12-13H,4-9,11H2,1-3H3,(H,18,19). The molecule has 0 aliphatic carbocycles. The highest BCUT2D eigenvalue weighted by molar-refractivity contribution is 5.93. The van der Waals surface area contributed by atoms with Crippen LogP contribution in [0.15, 0.2) is 12.5 Å². The third kappa shape index (κ3) is 2.92. The van der Waals surface area contributed by atoms with Gasteiger partial charge in [0.1, 0.15) is 11.2 Å². The van der Waals surface area contributed by atoms with Crippen molar-refractivity contribution in [3.63, 3.8) is 0 Å². The number of piperazine rings is 1. The number of aromatic amines is 1. The van der Waals surface area contributed by atoms with Gasteiger partial charge < -0.3 is 14.8 Å². The number of likely N-dealkylation sites (N-methyl/N-ethyl adjacent to an activating group) is 1. The van der Waals surface area contributed by atoms with Crippen LogP contribution in [-0.4, -0.2) is 81.8 Å². The molecular formula is C17H27N5O2. The molecule has 2 aliphatic heterocycles. The summed E-state index contributed by atoms with van der Waals surface area (Å²) in [5, 5.41) is 0. The molecule has 0 bridgehead atoms. The zero-order chi connectivity index (χ0) is 17.3. The second-order valence-electron chi connectivity index (χ2n) is 7.36. The van der Waals surface area contributed by atoms with Crippen molar-refractivity contribution in [2.24, 2.45) is 5.92 Å². The Kier molecular flexibility index (Phi) is 4.62. The summed E-state index contributed by atoms with van der Waals surface area (Å²) >= 11 is 0. The van der Waals surface area contributed by atoms with Gasteiger partial charge in [0.2, 0.25) is 5.91 Å². The predicted molar refractivity (Wildman–Crippen MR) is 90.5 cm³/mol. The molecule has 0 unspecified atom stereocenters. The molecule has 1 aromatic heterocycles. The number of hydrogen-bond acceptors (Lipinski definition) is 4. The molecule has 2 aliphatic rings. The number of nitrogens with zero attached hydrogens (tertiary/aromatic N) is 4. The molecule has 24 heavy (non-hydrogen) atoms. The predicted octanol–water partition coefficient (Wildman–Crippen LogP) is 0.815. The second kappa shape index (κ2) is 6.55. The molecule has 2 amide bonds. The third-order valence-corrected chi connectivity index (χ3v) is 5.31. The van der Waals surface area contributed by atoms with Crippen molar-refractivity contribution in [1.29, 1.82) is 0 Å². The van der Waals surface area contributed by atoms with E-state index in [9.17, 15) is 9.59 Å². The third-order valence-electron chi connectivity index (χ3n) is 5.31. The molecule has 7 nitrogen and oxygen atoms in total. The summed E-state index contributed by atoms with van der Waals surface area (Å²) in [5.74, 6) is 0.669. The number of hydrogen-bond donors (Lipinski definition) is 1. The SMILES string of the molecule is CC(C)CN1CCN(C)C2(CCN(C(=O)c3cnc[nH]3)CC2)C1=O. The fourth-order valence-corrected chi connectivity index (χ4v) is 3.88. The molecule has 3 heterocycles. The van der Waals surface area contributed by atoms with Crippen molar-refractivity contribution < 1.29 is 9.59 Å². The maximum atomic E-state index is 13.1. The molecule has 1 aromatic rings. The first kappa shape index (κ1) is 17.0. The van der Waals surface area contributed by atoms with Crippen LogP contribution in [0.4, 0.5) is 0 Å². The molecule has 7 heteroatoms. The molecule has 2 saturated heterocycles. The summed E-state index contributed by atoms with van der Waals surface area (Å²) in [7, 11) is 2.04. The van der Waals surface area contributed by atoms with Crippen LogP contribution in [0.2, 0.25) is 0 Å². The Bertz CT molecular complexity index is 590. The maximum absolute atomic E-state index is 13.1. The first-order valence-electron chi connectivity index (χ1n) is 8.72. The van der Waals surface area contributed by atoms with E-state index in [2.05, 4.69) is 28.7 Å². The average Bonchev–Trinajstić information content (AvgIpc) is 3.10. The van der Waals surface area contributed by atoms with Crippen LogP contribution in [0.5, 0.6) is 0 Å². The lowest BCUT2D eigenvalue weighted by atomic mass is 9.82. The minimum Gasteiger partial charge on any atom is -0.341 e. The molecule has 0 radical (unpaired) electrons. The molecule has 0 aromatic carbocycles. The van der Waals surface area contributed by atoms with Gasteiger partial charge in [-0.2, -0.15) is 0 Å². The van der Waals surface area contributed by atoms with E-state index in [4.69, 9.17) is 0 Å². The van der Waals surface area contributed by atoms with Crippen LogP contribution < -0.4 is 0 Å². The number of aromatic nitrogens is 2. The van der Waals surface area contributed by atoms with Crippen molar-refractivity contribution in [2.45, 2.75) is 32.2 Å². The lowest BCUT2D eigenvalue weighted by Gasteiger charge is -2.51. The number of H-pyrrole nitrogens is 1. The Morgan fingerprint density at radius 1 is 1.29 bits per heavy atom. The van der Waals surface area contributed by atoms with E-state index in [1.807, 2.05) is 16.8 Å². The van der Waals surface area contributed by atoms with Crippen molar-refractivity contribution in [2.75, 3.05) is 39.8 Å². The highest BCUT2D eigenvalue weighted by atomic mass is 16.2. The van der Waals surface area contributed by atoms with E-state index in [1.54, 1.807) is 6.20 Å². The number of carbonyl (C=O) groups excluding carboxylic acids is 2. The van der Waals surface area contributed by atoms with Crippen molar-refractivity contribution in [3.05, 3.63) is 18.2 Å². The maximum Gasteiger partial charge on any atom is 0.271 e. The summed E-state index contributed by atoms with van der Waals surface area (Å²) in [4.78, 5) is 38.4. The van der Waals surface area contributed by atoms with Crippen LogP contribution in [0.3, 0.4) is 0 Å². The molecule has 1 N–H and O–H groups in total. The lowest BCUT2D eigenvalue weighted by Crippen LogP contribution is -2.68. The number of rotatable bonds is 3. The minimum absolute atomic E-state index is 0.0349. The van der Waals surface area contributed by atoms with Crippen LogP contribution in [0.25, 0.3) is 0 Å². The first-order valence-corrected chi connectivity index (χ1v) is 8.72. The van der Waals surface area contributed by atoms with E-state index in [0.717, 1.165) is 19.6 Å². The molecule has 132 valence electrons. The van der Waals surface area contributed by atoms with E-state index >= 15 is 0 Å². The zero-order valence-electron chi connectivity index (χ0n) is 14.8. The zero-order valence-corrected chi connectivity index (χ0v) is 14.8. The molecule has 2 fully saturated rings. The van der Waals surface area contributed by atoms with Crippen molar-refractivity contribution in [1.82, 2.24) is 24.7 Å². The van der Waals surface area contributed by atoms with E-state index in [0.29, 0.717) is 37.5 Å². The number of carbonyl (C=O) groups is 2. The van der Waals surface area contributed by atoms with Crippen molar-refractivity contribution in [3.8, 4) is 0 Å². The van der Waals surface area contributed by atoms with Gasteiger partial charge in [-0.15, -0.1) is 0 Å². The van der Waals surface area contributed by atoms with E-state index in [-0.39, 0.29) is 11.8 Å². The molecule has 0 atom stereocenters. The minimum atomic E-state index is -0.447. The Balaban J connectivity index is 1.70. The van der Waals surface area contributed by atoms with Gasteiger partial charge in [0.15, 0.2) is 0 Å². The highest BCUT2D eigenvalue weighted by Gasteiger charge is 2.49. The largest absolute Gasteiger partial charge is 0.341 e. The van der Waals surface area contributed by atoms with Crippen LogP contribution in [0.1, 0.15) is 37.2 Å².